The first-order valence-corrected chi connectivity index (χ1v) is 11.6. The molecule has 0 radical (unpaired) electrons. The molecule has 4 rings (SSSR count). The molecule has 0 fully saturated rings. The number of carbonyl (C=O) groups is 2. The Kier molecular flexibility index (Phi) is 6.42. The van der Waals surface area contributed by atoms with Gasteiger partial charge in [0.15, 0.2) is 5.44 Å². The van der Waals surface area contributed by atoms with E-state index in [0.717, 1.165) is 21.7 Å². The Hall–Kier alpha value is -3.32. The highest BCUT2D eigenvalue weighted by Gasteiger charge is 2.36. The number of hydrogen-bond acceptors (Lipinski definition) is 7. The summed E-state index contributed by atoms with van der Waals surface area (Å²) in [6.45, 7) is 6.32. The van der Waals surface area contributed by atoms with E-state index in [2.05, 4.69) is 24.9 Å². The molecule has 0 spiro atoms. The largest absolute Gasteiger partial charge is 0.507 e. The number of fused-ring (bicyclic) bond motifs is 1. The fraction of sp³-hybridized carbons (Fsp3) is 0.269. The van der Waals surface area contributed by atoms with Crippen molar-refractivity contribution in [2.75, 3.05) is 6.61 Å². The second-order valence-corrected chi connectivity index (χ2v) is 9.62. The molecule has 1 atom stereocenters. The predicted molar refractivity (Wildman–Crippen MR) is 126 cm³/mol. The van der Waals surface area contributed by atoms with Gasteiger partial charge in [-0.2, -0.15) is 0 Å². The number of rotatable bonds is 5. The number of pyridine rings is 1. The van der Waals surface area contributed by atoms with Gasteiger partial charge in [-0.3, -0.25) is 4.98 Å². The van der Waals surface area contributed by atoms with Gasteiger partial charge in [0.05, 0.1) is 17.9 Å². The van der Waals surface area contributed by atoms with E-state index in [1.54, 1.807) is 31.2 Å². The maximum Gasteiger partial charge on any atom is 0.343 e. The van der Waals surface area contributed by atoms with Crippen LogP contribution in [0.1, 0.15) is 53.5 Å². The van der Waals surface area contributed by atoms with Gasteiger partial charge >= 0.3 is 11.9 Å². The van der Waals surface area contributed by atoms with Crippen LogP contribution in [-0.2, 0) is 14.9 Å². The Morgan fingerprint density at radius 2 is 1.91 bits per heavy atom. The maximum absolute atomic E-state index is 12.6. The number of carbonyl (C=O) groups excluding carboxylic acids is 2. The summed E-state index contributed by atoms with van der Waals surface area (Å²) in [5, 5.41) is 9.94. The van der Waals surface area contributed by atoms with Crippen molar-refractivity contribution in [1.29, 1.82) is 0 Å². The molecule has 1 aliphatic rings. The molecule has 2 aromatic carbocycles. The number of hydrogen-bond donors (Lipinski definition) is 1. The number of esters is 2. The van der Waals surface area contributed by atoms with Crippen molar-refractivity contribution < 1.29 is 24.2 Å². The van der Waals surface area contributed by atoms with Crippen LogP contribution in [0.2, 0.25) is 0 Å². The van der Waals surface area contributed by atoms with Crippen molar-refractivity contribution in [3.63, 3.8) is 0 Å². The van der Waals surface area contributed by atoms with E-state index in [-0.39, 0.29) is 28.1 Å². The van der Waals surface area contributed by atoms with Gasteiger partial charge in [-0.1, -0.05) is 43.8 Å². The van der Waals surface area contributed by atoms with Crippen LogP contribution in [0.5, 0.6) is 5.75 Å². The lowest BCUT2D eigenvalue weighted by molar-refractivity contribution is 0.0412. The van der Waals surface area contributed by atoms with Crippen molar-refractivity contribution in [2.45, 2.75) is 42.9 Å². The highest BCUT2D eigenvalue weighted by Crippen LogP contribution is 2.47. The summed E-state index contributed by atoms with van der Waals surface area (Å²) in [6, 6.07) is 16.0. The van der Waals surface area contributed by atoms with Crippen LogP contribution in [0.3, 0.4) is 0 Å². The Balaban J connectivity index is 1.54. The number of ether oxygens (including phenoxy) is 2. The summed E-state index contributed by atoms with van der Waals surface area (Å²) in [7, 11) is 0. The normalized spacial score (nSPS) is 16.5. The smallest absolute Gasteiger partial charge is 0.343 e. The minimum Gasteiger partial charge on any atom is -0.507 e. The first-order chi connectivity index (χ1) is 15.8. The van der Waals surface area contributed by atoms with Crippen LogP contribution < -0.4 is 0 Å². The van der Waals surface area contributed by atoms with E-state index in [4.69, 9.17) is 9.47 Å². The SMILES string of the molecule is CCOC(=O)c1ccc(-c2ccc3c(c2)C(C)(C)CC(OC(=O)c2ccccc2O)S3)nc1. The standard InChI is InChI=1S/C26H25NO5S/c1-4-31-24(29)17-9-11-20(27-15-17)16-10-12-22-19(13-16)26(2,3)14-23(33-22)32-25(30)18-7-5-6-8-21(18)28/h5-13,15,23,28H,4,14H2,1-3H3. The Bertz CT molecular complexity index is 1190. The molecule has 2 heterocycles. The zero-order valence-electron chi connectivity index (χ0n) is 18.7. The average Bonchev–Trinajstić information content (AvgIpc) is 2.79. The molecule has 0 saturated carbocycles. The fourth-order valence-corrected chi connectivity index (χ4v) is 5.35. The van der Waals surface area contributed by atoms with Crippen LogP contribution in [0, 0.1) is 0 Å². The molecule has 0 bridgehead atoms. The molecule has 3 aromatic rings. The summed E-state index contributed by atoms with van der Waals surface area (Å²) >= 11 is 1.50. The third-order valence-electron chi connectivity index (χ3n) is 5.58. The van der Waals surface area contributed by atoms with E-state index in [0.29, 0.717) is 18.6 Å². The number of thioether (sulfide) groups is 1. The van der Waals surface area contributed by atoms with Crippen LogP contribution in [0.4, 0.5) is 0 Å². The lowest BCUT2D eigenvalue weighted by Crippen LogP contribution is -2.31. The van der Waals surface area contributed by atoms with E-state index in [1.165, 1.54) is 24.0 Å². The Morgan fingerprint density at radius 1 is 1.12 bits per heavy atom. The predicted octanol–water partition coefficient (Wildman–Crippen LogP) is 5.59. The number of benzene rings is 2. The highest BCUT2D eigenvalue weighted by atomic mass is 32.2. The Morgan fingerprint density at radius 3 is 2.61 bits per heavy atom. The first kappa shape index (κ1) is 22.9. The third-order valence-corrected chi connectivity index (χ3v) is 6.71. The van der Waals surface area contributed by atoms with Gasteiger partial charge in [0.1, 0.15) is 11.3 Å². The monoisotopic (exact) mass is 463 g/mol. The van der Waals surface area contributed by atoms with Crippen LogP contribution in [-0.4, -0.2) is 34.1 Å². The van der Waals surface area contributed by atoms with Gasteiger partial charge in [0.2, 0.25) is 0 Å². The topological polar surface area (TPSA) is 85.7 Å². The molecule has 0 amide bonds. The van der Waals surface area contributed by atoms with Gasteiger partial charge < -0.3 is 14.6 Å². The van der Waals surface area contributed by atoms with Crippen molar-refractivity contribution in [3.05, 3.63) is 77.5 Å². The molecule has 0 saturated heterocycles. The van der Waals surface area contributed by atoms with Crippen molar-refractivity contribution >= 4 is 23.7 Å². The molecular weight excluding hydrogens is 438 g/mol. The fourth-order valence-electron chi connectivity index (χ4n) is 3.83. The van der Waals surface area contributed by atoms with Crippen molar-refractivity contribution in [2.24, 2.45) is 0 Å². The number of phenols is 1. The summed E-state index contributed by atoms with van der Waals surface area (Å²) < 4.78 is 10.7. The van der Waals surface area contributed by atoms with Gasteiger partial charge in [-0.25, -0.2) is 9.59 Å². The lowest BCUT2D eigenvalue weighted by Gasteiger charge is -2.36. The van der Waals surface area contributed by atoms with Gasteiger partial charge in [0.25, 0.3) is 0 Å². The molecular formula is C26H25NO5S. The van der Waals surface area contributed by atoms with E-state index < -0.39 is 5.97 Å². The van der Waals surface area contributed by atoms with Crippen LogP contribution in [0.15, 0.2) is 65.7 Å². The Labute approximate surface area is 197 Å². The molecule has 0 aliphatic carbocycles. The van der Waals surface area contributed by atoms with Crippen LogP contribution >= 0.6 is 11.8 Å². The molecule has 1 unspecified atom stereocenters. The molecule has 1 aromatic heterocycles. The van der Waals surface area contributed by atoms with Gasteiger partial charge in [-0.15, -0.1) is 0 Å². The average molecular weight is 464 g/mol. The van der Waals surface area contributed by atoms with Crippen molar-refractivity contribution in [1.82, 2.24) is 4.98 Å². The minimum absolute atomic E-state index is 0.0888. The second-order valence-electron chi connectivity index (χ2n) is 8.42. The molecule has 33 heavy (non-hydrogen) atoms. The summed E-state index contributed by atoms with van der Waals surface area (Å²) in [5.74, 6) is -1.01. The van der Waals surface area contributed by atoms with Crippen LogP contribution in [0.25, 0.3) is 11.3 Å². The molecule has 1 N–H and O–H groups in total. The van der Waals surface area contributed by atoms with E-state index in [9.17, 15) is 14.7 Å². The minimum atomic E-state index is -0.535. The number of aromatic nitrogens is 1. The molecule has 6 nitrogen and oxygen atoms in total. The number of nitrogens with zero attached hydrogens (tertiary/aromatic N) is 1. The van der Waals surface area contributed by atoms with E-state index >= 15 is 0 Å². The maximum atomic E-state index is 12.6. The molecule has 1 aliphatic heterocycles. The number of phenolic OH excluding ortho intramolecular Hbond substituents is 1. The van der Waals surface area contributed by atoms with Crippen molar-refractivity contribution in [3.8, 4) is 17.0 Å². The number of aromatic hydroxyl groups is 1. The molecule has 170 valence electrons. The zero-order chi connectivity index (χ0) is 23.6. The van der Waals surface area contributed by atoms with E-state index in [1.807, 2.05) is 18.2 Å². The zero-order valence-corrected chi connectivity index (χ0v) is 19.5. The van der Waals surface area contributed by atoms with Gasteiger partial charge in [0, 0.05) is 23.1 Å². The summed E-state index contributed by atoms with van der Waals surface area (Å²) in [6.07, 6.45) is 2.16. The quantitative estimate of drug-likeness (QED) is 0.494. The summed E-state index contributed by atoms with van der Waals surface area (Å²) in [4.78, 5) is 29.9. The second kappa shape index (κ2) is 9.27. The molecule has 7 heteroatoms. The van der Waals surface area contributed by atoms with Gasteiger partial charge in [-0.05, 0) is 54.3 Å². The third kappa shape index (κ3) is 4.88. The first-order valence-electron chi connectivity index (χ1n) is 10.7. The lowest BCUT2D eigenvalue weighted by atomic mass is 9.80. The highest BCUT2D eigenvalue weighted by molar-refractivity contribution is 7.99. The summed E-state index contributed by atoms with van der Waals surface area (Å²) in [5.41, 5.74) is 2.83. The number of para-hydroxylation sites is 1.